The Kier molecular flexibility index (Phi) is 5.07. The Labute approximate surface area is 131 Å². The summed E-state index contributed by atoms with van der Waals surface area (Å²) in [4.78, 5) is 22.0. The van der Waals surface area contributed by atoms with Gasteiger partial charge in [0.2, 0.25) is 5.91 Å². The Morgan fingerprint density at radius 3 is 3.05 bits per heavy atom. The van der Waals surface area contributed by atoms with Crippen LogP contribution in [0.2, 0.25) is 0 Å². The standard InChI is InChI=1S/C12H9BrFN3O3S/c13-8-2-1-7(14)3-6(8)5-15-17-12-16-11(20)9(21-12)4-10(18)19/h1-3,5,9H,4H2,(H,18,19)(H,16,17,20). The quantitative estimate of drug-likeness (QED) is 0.623. The van der Waals surface area contributed by atoms with Gasteiger partial charge < -0.3 is 10.4 Å². The van der Waals surface area contributed by atoms with Gasteiger partial charge in [-0.05, 0) is 18.2 Å². The zero-order valence-electron chi connectivity index (χ0n) is 10.4. The minimum absolute atomic E-state index is 0.218. The van der Waals surface area contributed by atoms with Crippen molar-refractivity contribution < 1.29 is 19.1 Å². The molecule has 1 atom stereocenters. The van der Waals surface area contributed by atoms with Gasteiger partial charge >= 0.3 is 5.97 Å². The van der Waals surface area contributed by atoms with Crippen LogP contribution in [0.5, 0.6) is 0 Å². The zero-order chi connectivity index (χ0) is 15.4. The molecule has 1 amide bonds. The smallest absolute Gasteiger partial charge is 0.305 e. The molecule has 1 saturated heterocycles. The number of amides is 1. The molecule has 0 saturated carbocycles. The minimum atomic E-state index is -1.06. The summed E-state index contributed by atoms with van der Waals surface area (Å²) in [6, 6.07) is 4.12. The topological polar surface area (TPSA) is 91.1 Å². The maximum atomic E-state index is 13.1. The normalized spacial score (nSPS) is 20.2. The van der Waals surface area contributed by atoms with Crippen LogP contribution in [0.1, 0.15) is 12.0 Å². The SMILES string of the molecule is O=C(O)CC1SC(=NN=Cc2cc(F)ccc2Br)NC1=O. The van der Waals surface area contributed by atoms with Crippen LogP contribution in [0.4, 0.5) is 4.39 Å². The van der Waals surface area contributed by atoms with Crippen LogP contribution in [-0.4, -0.2) is 33.6 Å². The van der Waals surface area contributed by atoms with Gasteiger partial charge in [0.25, 0.3) is 0 Å². The summed E-state index contributed by atoms with van der Waals surface area (Å²) in [5, 5.41) is 18.1. The second kappa shape index (κ2) is 6.81. The first-order valence-electron chi connectivity index (χ1n) is 5.71. The molecule has 2 N–H and O–H groups in total. The first-order chi connectivity index (χ1) is 9.95. The number of nitrogens with one attached hydrogen (secondary N) is 1. The van der Waals surface area contributed by atoms with E-state index >= 15 is 0 Å². The van der Waals surface area contributed by atoms with Gasteiger partial charge in [-0.1, -0.05) is 27.7 Å². The van der Waals surface area contributed by atoms with Crippen LogP contribution in [0.3, 0.4) is 0 Å². The van der Waals surface area contributed by atoms with Crippen molar-refractivity contribution in [3.63, 3.8) is 0 Å². The molecule has 1 fully saturated rings. The van der Waals surface area contributed by atoms with Gasteiger partial charge in [0, 0.05) is 10.0 Å². The Hall–Kier alpha value is -1.74. The van der Waals surface area contributed by atoms with E-state index in [9.17, 15) is 14.0 Å². The van der Waals surface area contributed by atoms with Crippen molar-refractivity contribution in [1.82, 2.24) is 5.32 Å². The molecule has 0 bridgehead atoms. The molecular weight excluding hydrogens is 365 g/mol. The molecule has 0 aromatic heterocycles. The lowest BCUT2D eigenvalue weighted by molar-refractivity contribution is -0.138. The summed E-state index contributed by atoms with van der Waals surface area (Å²) in [7, 11) is 0. The lowest BCUT2D eigenvalue weighted by Crippen LogP contribution is -2.26. The monoisotopic (exact) mass is 373 g/mol. The number of thioether (sulfide) groups is 1. The molecule has 110 valence electrons. The maximum Gasteiger partial charge on any atom is 0.305 e. The van der Waals surface area contributed by atoms with Gasteiger partial charge in [0.05, 0.1) is 12.6 Å². The fraction of sp³-hybridized carbons (Fsp3) is 0.167. The molecule has 1 aliphatic heterocycles. The first-order valence-corrected chi connectivity index (χ1v) is 7.38. The average molecular weight is 374 g/mol. The molecule has 6 nitrogen and oxygen atoms in total. The van der Waals surface area contributed by atoms with Crippen molar-refractivity contribution >= 4 is 51.0 Å². The zero-order valence-corrected chi connectivity index (χ0v) is 12.8. The number of rotatable bonds is 4. The van der Waals surface area contributed by atoms with Crippen LogP contribution >= 0.6 is 27.7 Å². The van der Waals surface area contributed by atoms with Crippen LogP contribution in [0.25, 0.3) is 0 Å². The molecule has 9 heteroatoms. The van der Waals surface area contributed by atoms with Gasteiger partial charge in [-0.15, -0.1) is 5.10 Å². The number of hydrogen-bond donors (Lipinski definition) is 2. The van der Waals surface area contributed by atoms with Crippen molar-refractivity contribution in [3.8, 4) is 0 Å². The largest absolute Gasteiger partial charge is 0.481 e. The molecule has 21 heavy (non-hydrogen) atoms. The van der Waals surface area contributed by atoms with E-state index in [4.69, 9.17) is 5.11 Å². The third-order valence-electron chi connectivity index (χ3n) is 2.44. The van der Waals surface area contributed by atoms with Crippen molar-refractivity contribution in [1.29, 1.82) is 0 Å². The van der Waals surface area contributed by atoms with Gasteiger partial charge in [-0.3, -0.25) is 9.59 Å². The maximum absolute atomic E-state index is 13.1. The second-order valence-corrected chi connectivity index (χ2v) is 6.05. The van der Waals surface area contributed by atoms with E-state index in [0.717, 1.165) is 11.8 Å². The Bertz CT molecular complexity index is 651. The van der Waals surface area contributed by atoms with Crippen LogP contribution < -0.4 is 5.32 Å². The van der Waals surface area contributed by atoms with E-state index in [1.165, 1.54) is 18.3 Å². The van der Waals surface area contributed by atoms with Gasteiger partial charge in [-0.25, -0.2) is 4.39 Å². The number of nitrogens with zero attached hydrogens (tertiary/aromatic N) is 2. The fourth-order valence-electron chi connectivity index (χ4n) is 1.50. The van der Waals surface area contributed by atoms with Crippen molar-refractivity contribution in [2.75, 3.05) is 0 Å². The molecule has 0 spiro atoms. The highest BCUT2D eigenvalue weighted by molar-refractivity contribution is 9.10. The van der Waals surface area contributed by atoms with E-state index in [1.807, 2.05) is 0 Å². The molecule has 1 aromatic carbocycles. The van der Waals surface area contributed by atoms with Crippen LogP contribution in [0.15, 0.2) is 32.9 Å². The van der Waals surface area contributed by atoms with Gasteiger partial charge in [0.15, 0.2) is 5.17 Å². The summed E-state index contributed by atoms with van der Waals surface area (Å²) in [5.74, 6) is -1.88. The van der Waals surface area contributed by atoms with E-state index in [-0.39, 0.29) is 11.6 Å². The molecule has 1 unspecified atom stereocenters. The van der Waals surface area contributed by atoms with Gasteiger partial charge in [0.1, 0.15) is 11.1 Å². The summed E-state index contributed by atoms with van der Waals surface area (Å²) < 4.78 is 13.7. The van der Waals surface area contributed by atoms with Crippen molar-refractivity contribution in [2.24, 2.45) is 10.2 Å². The number of carbonyl (C=O) groups excluding carboxylic acids is 1. The molecule has 2 rings (SSSR count). The number of halogens is 2. The molecular formula is C12H9BrFN3O3S. The first kappa shape index (κ1) is 15.6. The highest BCUT2D eigenvalue weighted by atomic mass is 79.9. The number of aliphatic carboxylic acids is 1. The third kappa shape index (κ3) is 4.36. The van der Waals surface area contributed by atoms with Crippen LogP contribution in [-0.2, 0) is 9.59 Å². The highest BCUT2D eigenvalue weighted by Gasteiger charge is 2.32. The second-order valence-electron chi connectivity index (χ2n) is 4.01. The number of amidine groups is 1. The Morgan fingerprint density at radius 2 is 2.33 bits per heavy atom. The number of benzene rings is 1. The van der Waals surface area contributed by atoms with E-state index < -0.39 is 22.9 Å². The Balaban J connectivity index is 2.05. The van der Waals surface area contributed by atoms with E-state index in [1.54, 1.807) is 6.07 Å². The Morgan fingerprint density at radius 1 is 1.57 bits per heavy atom. The molecule has 1 aliphatic rings. The number of carboxylic acid groups (broad SMARTS) is 1. The lowest BCUT2D eigenvalue weighted by atomic mass is 10.2. The molecule has 0 aliphatic carbocycles. The summed E-state index contributed by atoms with van der Waals surface area (Å²) in [6.07, 6.45) is 1.05. The summed E-state index contributed by atoms with van der Waals surface area (Å²) >= 11 is 4.24. The van der Waals surface area contributed by atoms with Crippen molar-refractivity contribution in [2.45, 2.75) is 11.7 Å². The number of carbonyl (C=O) groups is 2. The van der Waals surface area contributed by atoms with E-state index in [2.05, 4.69) is 31.4 Å². The summed E-state index contributed by atoms with van der Waals surface area (Å²) in [5.41, 5.74) is 0.496. The molecule has 1 heterocycles. The van der Waals surface area contributed by atoms with E-state index in [0.29, 0.717) is 10.0 Å². The highest BCUT2D eigenvalue weighted by Crippen LogP contribution is 2.22. The van der Waals surface area contributed by atoms with Gasteiger partial charge in [-0.2, -0.15) is 5.10 Å². The third-order valence-corrected chi connectivity index (χ3v) is 4.23. The molecule has 1 aromatic rings. The lowest BCUT2D eigenvalue weighted by Gasteiger charge is -1.98. The minimum Gasteiger partial charge on any atom is -0.481 e. The number of carboxylic acids is 1. The summed E-state index contributed by atoms with van der Waals surface area (Å²) in [6.45, 7) is 0. The number of hydrogen-bond acceptors (Lipinski definition) is 5. The predicted octanol–water partition coefficient (Wildman–Crippen LogP) is 1.98. The average Bonchev–Trinajstić information content (AvgIpc) is 2.73. The van der Waals surface area contributed by atoms with Crippen molar-refractivity contribution in [3.05, 3.63) is 34.1 Å². The molecule has 0 radical (unpaired) electrons. The predicted molar refractivity (Wildman–Crippen MR) is 80.9 cm³/mol. The fourth-order valence-corrected chi connectivity index (χ4v) is 2.77. The van der Waals surface area contributed by atoms with Crippen LogP contribution in [0, 0.1) is 5.82 Å².